The van der Waals surface area contributed by atoms with E-state index in [1.165, 1.54) is 0 Å². The van der Waals surface area contributed by atoms with Crippen molar-refractivity contribution in [3.63, 3.8) is 0 Å². The molecule has 0 saturated carbocycles. The summed E-state index contributed by atoms with van der Waals surface area (Å²) >= 11 is 0. The van der Waals surface area contributed by atoms with Crippen molar-refractivity contribution in [2.75, 3.05) is 26.2 Å². The first kappa shape index (κ1) is 14.9. The van der Waals surface area contributed by atoms with Crippen molar-refractivity contribution in [1.29, 1.82) is 0 Å². The summed E-state index contributed by atoms with van der Waals surface area (Å²) in [6, 6.07) is 0. The van der Waals surface area contributed by atoms with Gasteiger partial charge in [-0.15, -0.1) is 0 Å². The second-order valence-corrected chi connectivity index (χ2v) is 5.24. The summed E-state index contributed by atoms with van der Waals surface area (Å²) in [6.45, 7) is 11.1. The van der Waals surface area contributed by atoms with Crippen LogP contribution in [-0.2, 0) is 0 Å². The lowest BCUT2D eigenvalue weighted by molar-refractivity contribution is 0.0438. The van der Waals surface area contributed by atoms with Crippen molar-refractivity contribution < 1.29 is 10.2 Å². The van der Waals surface area contributed by atoms with E-state index in [4.69, 9.17) is 5.11 Å². The molecule has 0 radical (unpaired) electrons. The van der Waals surface area contributed by atoms with E-state index < -0.39 is 0 Å². The van der Waals surface area contributed by atoms with Crippen molar-refractivity contribution >= 4 is 0 Å². The molecule has 0 aromatic carbocycles. The number of aliphatic hydroxyl groups is 2. The molecule has 0 aromatic heterocycles. The van der Waals surface area contributed by atoms with Crippen molar-refractivity contribution in [1.82, 2.24) is 4.90 Å². The maximum Gasteiger partial charge on any atom is 0.0600 e. The lowest BCUT2D eigenvalue weighted by atomic mass is 9.87. The zero-order chi connectivity index (χ0) is 11.9. The standard InChI is InChI=1S/C12H27NO2/c1-5-7-13(9-10-14)8-6-11(15)12(2,3)4/h11,14-15H,5-10H2,1-4H3. The van der Waals surface area contributed by atoms with Gasteiger partial charge in [-0.2, -0.15) is 0 Å². The Hall–Kier alpha value is -0.120. The van der Waals surface area contributed by atoms with Crippen molar-refractivity contribution in [2.24, 2.45) is 5.41 Å². The summed E-state index contributed by atoms with van der Waals surface area (Å²) < 4.78 is 0. The zero-order valence-corrected chi connectivity index (χ0v) is 10.7. The van der Waals surface area contributed by atoms with Gasteiger partial charge >= 0.3 is 0 Å². The third-order valence-electron chi connectivity index (χ3n) is 2.67. The fraction of sp³-hybridized carbons (Fsp3) is 1.00. The van der Waals surface area contributed by atoms with Crippen LogP contribution < -0.4 is 0 Å². The van der Waals surface area contributed by atoms with E-state index in [9.17, 15) is 5.11 Å². The fourth-order valence-electron chi connectivity index (χ4n) is 1.53. The van der Waals surface area contributed by atoms with Crippen LogP contribution in [0.1, 0.15) is 40.5 Å². The van der Waals surface area contributed by atoms with Crippen LogP contribution in [0.2, 0.25) is 0 Å². The van der Waals surface area contributed by atoms with Gasteiger partial charge in [-0.25, -0.2) is 0 Å². The minimum absolute atomic E-state index is 0.0445. The van der Waals surface area contributed by atoms with Crippen LogP contribution in [-0.4, -0.2) is 47.5 Å². The molecule has 0 spiro atoms. The minimum Gasteiger partial charge on any atom is -0.395 e. The lowest BCUT2D eigenvalue weighted by Gasteiger charge is -2.28. The second-order valence-electron chi connectivity index (χ2n) is 5.24. The first-order valence-corrected chi connectivity index (χ1v) is 5.93. The van der Waals surface area contributed by atoms with Crippen LogP contribution in [0.5, 0.6) is 0 Å². The van der Waals surface area contributed by atoms with Gasteiger partial charge in [0.05, 0.1) is 12.7 Å². The van der Waals surface area contributed by atoms with Crippen molar-refractivity contribution in [3.8, 4) is 0 Å². The fourth-order valence-corrected chi connectivity index (χ4v) is 1.53. The SMILES string of the molecule is CCCN(CCO)CCC(O)C(C)(C)C. The molecule has 1 unspecified atom stereocenters. The summed E-state index contributed by atoms with van der Waals surface area (Å²) in [5, 5.41) is 18.8. The van der Waals surface area contributed by atoms with E-state index in [1.54, 1.807) is 0 Å². The molecular formula is C12H27NO2. The quantitative estimate of drug-likeness (QED) is 0.679. The third-order valence-corrected chi connectivity index (χ3v) is 2.67. The molecule has 0 aliphatic rings. The molecule has 1 atom stereocenters. The van der Waals surface area contributed by atoms with Gasteiger partial charge in [0.15, 0.2) is 0 Å². The van der Waals surface area contributed by atoms with Gasteiger partial charge in [0.2, 0.25) is 0 Å². The summed E-state index contributed by atoms with van der Waals surface area (Å²) in [4.78, 5) is 2.20. The molecule has 0 aromatic rings. The Bertz CT molecular complexity index is 148. The van der Waals surface area contributed by atoms with E-state index in [1.807, 2.05) is 20.8 Å². The third kappa shape index (κ3) is 6.88. The highest BCUT2D eigenvalue weighted by atomic mass is 16.3. The van der Waals surface area contributed by atoms with E-state index in [2.05, 4.69) is 11.8 Å². The normalized spacial score (nSPS) is 14.6. The Balaban J connectivity index is 3.87. The molecule has 3 nitrogen and oxygen atoms in total. The van der Waals surface area contributed by atoms with Gasteiger partial charge in [-0.3, -0.25) is 0 Å². The van der Waals surface area contributed by atoms with Gasteiger partial charge in [0.1, 0.15) is 0 Å². The number of aliphatic hydroxyl groups excluding tert-OH is 2. The van der Waals surface area contributed by atoms with Gasteiger partial charge in [0.25, 0.3) is 0 Å². The molecule has 0 bridgehead atoms. The highest BCUT2D eigenvalue weighted by Gasteiger charge is 2.22. The lowest BCUT2D eigenvalue weighted by Crippen LogP contribution is -2.34. The van der Waals surface area contributed by atoms with Gasteiger partial charge in [-0.1, -0.05) is 27.7 Å². The van der Waals surface area contributed by atoms with E-state index in [-0.39, 0.29) is 18.1 Å². The predicted molar refractivity (Wildman–Crippen MR) is 63.9 cm³/mol. The van der Waals surface area contributed by atoms with Crippen LogP contribution in [0.15, 0.2) is 0 Å². The van der Waals surface area contributed by atoms with Gasteiger partial charge in [0, 0.05) is 13.1 Å². The number of hydrogen-bond donors (Lipinski definition) is 2. The Morgan fingerprint density at radius 1 is 1.13 bits per heavy atom. The molecule has 15 heavy (non-hydrogen) atoms. The van der Waals surface area contributed by atoms with E-state index in [0.29, 0.717) is 6.54 Å². The Morgan fingerprint density at radius 2 is 1.73 bits per heavy atom. The first-order chi connectivity index (χ1) is 6.91. The molecule has 0 amide bonds. The van der Waals surface area contributed by atoms with Crippen LogP contribution in [0.25, 0.3) is 0 Å². The molecular weight excluding hydrogens is 190 g/mol. The predicted octanol–water partition coefficient (Wildman–Crippen LogP) is 1.49. The maximum absolute atomic E-state index is 9.88. The van der Waals surface area contributed by atoms with Crippen LogP contribution in [0.3, 0.4) is 0 Å². The van der Waals surface area contributed by atoms with Crippen LogP contribution in [0.4, 0.5) is 0 Å². The summed E-state index contributed by atoms with van der Waals surface area (Å²) in [7, 11) is 0. The van der Waals surface area contributed by atoms with Crippen LogP contribution >= 0.6 is 0 Å². The molecule has 3 heteroatoms. The molecule has 0 saturated heterocycles. The first-order valence-electron chi connectivity index (χ1n) is 5.93. The maximum atomic E-state index is 9.88. The largest absolute Gasteiger partial charge is 0.395 e. The highest BCUT2D eigenvalue weighted by Crippen LogP contribution is 2.21. The van der Waals surface area contributed by atoms with Crippen molar-refractivity contribution in [3.05, 3.63) is 0 Å². The molecule has 92 valence electrons. The smallest absolute Gasteiger partial charge is 0.0600 e. The summed E-state index contributed by atoms with van der Waals surface area (Å²) in [6.07, 6.45) is 1.60. The molecule has 0 aliphatic carbocycles. The average molecular weight is 217 g/mol. The van der Waals surface area contributed by atoms with Gasteiger partial charge in [-0.05, 0) is 24.8 Å². The van der Waals surface area contributed by atoms with Crippen LogP contribution in [0, 0.1) is 5.41 Å². The van der Waals surface area contributed by atoms with E-state index in [0.717, 1.165) is 25.9 Å². The molecule has 0 fully saturated rings. The second kappa shape index (κ2) is 7.20. The summed E-state index contributed by atoms with van der Waals surface area (Å²) in [5.41, 5.74) is -0.0445. The topological polar surface area (TPSA) is 43.7 Å². The zero-order valence-electron chi connectivity index (χ0n) is 10.7. The molecule has 0 aliphatic heterocycles. The Labute approximate surface area is 94.1 Å². The Kier molecular flexibility index (Phi) is 7.14. The number of rotatable bonds is 7. The molecule has 0 heterocycles. The minimum atomic E-state index is -0.268. The van der Waals surface area contributed by atoms with Crippen molar-refractivity contribution in [2.45, 2.75) is 46.6 Å². The monoisotopic (exact) mass is 217 g/mol. The Morgan fingerprint density at radius 3 is 2.13 bits per heavy atom. The number of nitrogens with zero attached hydrogens (tertiary/aromatic N) is 1. The summed E-state index contributed by atoms with van der Waals surface area (Å²) in [5.74, 6) is 0. The number of hydrogen-bond acceptors (Lipinski definition) is 3. The van der Waals surface area contributed by atoms with Gasteiger partial charge < -0.3 is 15.1 Å². The van der Waals surface area contributed by atoms with E-state index >= 15 is 0 Å². The average Bonchev–Trinajstić information content (AvgIpc) is 2.12. The highest BCUT2D eigenvalue weighted by molar-refractivity contribution is 4.74. The molecule has 0 rings (SSSR count). The molecule has 2 N–H and O–H groups in total.